The summed E-state index contributed by atoms with van der Waals surface area (Å²) in [4.78, 5) is 34.4. The summed E-state index contributed by atoms with van der Waals surface area (Å²) in [6, 6.07) is 32.0. The van der Waals surface area contributed by atoms with Crippen LogP contribution in [0, 0.1) is 5.92 Å². The normalized spacial score (nSPS) is 14.7. The molecule has 1 atom stereocenters. The molecular formula is C41H44F3N3O2. The Hall–Kier alpha value is -4.69. The predicted molar refractivity (Wildman–Crippen MR) is 188 cm³/mol. The number of benzene rings is 4. The number of amides is 2. The van der Waals surface area contributed by atoms with Crippen molar-refractivity contribution < 1.29 is 22.8 Å². The Bertz CT molecular complexity index is 1660. The number of alkyl halides is 3. The van der Waals surface area contributed by atoms with E-state index >= 15 is 0 Å². The molecule has 1 fully saturated rings. The number of rotatable bonds is 12. The van der Waals surface area contributed by atoms with Crippen molar-refractivity contribution in [2.45, 2.75) is 52.0 Å². The molecule has 0 saturated carbocycles. The summed E-state index contributed by atoms with van der Waals surface area (Å²) in [7, 11) is 0. The van der Waals surface area contributed by atoms with E-state index < -0.39 is 17.8 Å². The molecule has 49 heavy (non-hydrogen) atoms. The monoisotopic (exact) mass is 667 g/mol. The van der Waals surface area contributed by atoms with E-state index in [1.165, 1.54) is 35.4 Å². The van der Waals surface area contributed by atoms with Gasteiger partial charge in [0.1, 0.15) is 6.04 Å². The molecule has 5 nitrogen and oxygen atoms in total. The van der Waals surface area contributed by atoms with E-state index in [1.807, 2.05) is 65.6 Å². The maximum absolute atomic E-state index is 14.5. The number of piperazine rings is 1. The zero-order valence-corrected chi connectivity index (χ0v) is 28.2. The molecule has 4 aromatic rings. The molecule has 5 rings (SSSR count). The van der Waals surface area contributed by atoms with Crippen molar-refractivity contribution in [2.24, 2.45) is 5.92 Å². The lowest BCUT2D eigenvalue weighted by atomic mass is 9.99. The van der Waals surface area contributed by atoms with Crippen molar-refractivity contribution in [1.82, 2.24) is 14.7 Å². The van der Waals surface area contributed by atoms with Crippen LogP contribution in [-0.2, 0) is 41.7 Å². The van der Waals surface area contributed by atoms with Gasteiger partial charge in [-0.25, -0.2) is 0 Å². The average molecular weight is 668 g/mol. The molecule has 0 N–H and O–H groups in total. The van der Waals surface area contributed by atoms with Crippen molar-refractivity contribution in [2.75, 3.05) is 26.2 Å². The molecule has 0 aliphatic carbocycles. The number of carbonyl (C=O) groups is 2. The zero-order chi connectivity index (χ0) is 34.8. The Labute approximate surface area is 287 Å². The molecule has 8 heteroatoms. The van der Waals surface area contributed by atoms with Crippen LogP contribution in [0.3, 0.4) is 0 Å². The quantitative estimate of drug-likeness (QED) is 0.144. The predicted octanol–water partition coefficient (Wildman–Crippen LogP) is 7.90. The molecule has 2 amide bonds. The average Bonchev–Trinajstić information content (AvgIpc) is 3.10. The van der Waals surface area contributed by atoms with E-state index in [2.05, 4.69) is 43.0 Å². The van der Waals surface area contributed by atoms with E-state index in [-0.39, 0.29) is 18.4 Å². The van der Waals surface area contributed by atoms with Crippen LogP contribution in [0.15, 0.2) is 115 Å². The van der Waals surface area contributed by atoms with E-state index in [0.717, 1.165) is 49.3 Å². The molecule has 1 aliphatic rings. The number of carbonyl (C=O) groups excluding carboxylic acids is 2. The smallest absolute Gasteiger partial charge is 0.338 e. The molecule has 0 aromatic heterocycles. The second-order valence-corrected chi connectivity index (χ2v) is 13.1. The third-order valence-corrected chi connectivity index (χ3v) is 8.83. The van der Waals surface area contributed by atoms with Crippen molar-refractivity contribution in [1.29, 1.82) is 0 Å². The van der Waals surface area contributed by atoms with Gasteiger partial charge in [0.25, 0.3) is 0 Å². The maximum atomic E-state index is 14.5. The summed E-state index contributed by atoms with van der Waals surface area (Å²) in [6.07, 6.45) is -0.316. The van der Waals surface area contributed by atoms with E-state index in [9.17, 15) is 22.8 Å². The fourth-order valence-electron chi connectivity index (χ4n) is 6.18. The topological polar surface area (TPSA) is 43.9 Å². The molecular weight excluding hydrogens is 623 g/mol. The third-order valence-electron chi connectivity index (χ3n) is 8.83. The molecule has 0 spiro atoms. The van der Waals surface area contributed by atoms with Gasteiger partial charge in [0.15, 0.2) is 0 Å². The van der Waals surface area contributed by atoms with Crippen molar-refractivity contribution >= 4 is 17.9 Å². The maximum Gasteiger partial charge on any atom is 0.416 e. The second kappa shape index (κ2) is 16.6. The number of nitrogens with zero attached hydrogens (tertiary/aromatic N) is 3. The Kier molecular flexibility index (Phi) is 12.1. The SMILES string of the molecule is CC(C)Cc1ccc(CN(C(=O)/C=C/c2ccc(C(F)(F)F)cc2)[C@@H](Cc2ccccc2)C(=O)N2CCN(Cc3ccccc3)CC2)cc1. The Balaban J connectivity index is 1.41. The second-order valence-electron chi connectivity index (χ2n) is 13.1. The van der Waals surface area contributed by atoms with Crippen LogP contribution < -0.4 is 0 Å². The van der Waals surface area contributed by atoms with Gasteiger partial charge in [0.05, 0.1) is 5.56 Å². The molecule has 1 heterocycles. The summed E-state index contributed by atoms with van der Waals surface area (Å²) >= 11 is 0. The summed E-state index contributed by atoms with van der Waals surface area (Å²) in [5, 5.41) is 0. The first kappa shape index (κ1) is 35.6. The lowest BCUT2D eigenvalue weighted by Crippen LogP contribution is -2.56. The van der Waals surface area contributed by atoms with Crippen LogP contribution in [-0.4, -0.2) is 58.7 Å². The van der Waals surface area contributed by atoms with Gasteiger partial charge in [-0.3, -0.25) is 14.5 Å². The highest BCUT2D eigenvalue weighted by molar-refractivity contribution is 5.95. The summed E-state index contributed by atoms with van der Waals surface area (Å²) in [6.45, 7) is 7.87. The number of hydrogen-bond acceptors (Lipinski definition) is 3. The highest BCUT2D eigenvalue weighted by Crippen LogP contribution is 2.29. The minimum atomic E-state index is -4.45. The zero-order valence-electron chi connectivity index (χ0n) is 28.2. The minimum Gasteiger partial charge on any atom is -0.338 e. The van der Waals surface area contributed by atoms with Gasteiger partial charge in [0, 0.05) is 51.8 Å². The van der Waals surface area contributed by atoms with Crippen LogP contribution in [0.25, 0.3) is 6.08 Å². The van der Waals surface area contributed by atoms with Crippen molar-refractivity contribution in [3.8, 4) is 0 Å². The fourth-order valence-corrected chi connectivity index (χ4v) is 6.18. The van der Waals surface area contributed by atoms with Crippen LogP contribution in [0.5, 0.6) is 0 Å². The van der Waals surface area contributed by atoms with Gasteiger partial charge >= 0.3 is 6.18 Å². The number of hydrogen-bond donors (Lipinski definition) is 0. The molecule has 256 valence electrons. The van der Waals surface area contributed by atoms with Crippen LogP contribution >= 0.6 is 0 Å². The molecule has 0 radical (unpaired) electrons. The van der Waals surface area contributed by atoms with Crippen LogP contribution in [0.1, 0.15) is 47.2 Å². The first-order chi connectivity index (χ1) is 23.5. The molecule has 0 unspecified atom stereocenters. The lowest BCUT2D eigenvalue weighted by molar-refractivity contribution is -0.145. The first-order valence-corrected chi connectivity index (χ1v) is 16.9. The molecule has 0 bridgehead atoms. The lowest BCUT2D eigenvalue weighted by Gasteiger charge is -2.39. The highest BCUT2D eigenvalue weighted by atomic mass is 19.4. The van der Waals surface area contributed by atoms with Gasteiger partial charge in [-0.05, 0) is 58.4 Å². The molecule has 1 aliphatic heterocycles. The summed E-state index contributed by atoms with van der Waals surface area (Å²) < 4.78 is 39.4. The van der Waals surface area contributed by atoms with Crippen LogP contribution in [0.4, 0.5) is 13.2 Å². The fraction of sp³-hybridized carbons (Fsp3) is 0.317. The largest absolute Gasteiger partial charge is 0.416 e. The van der Waals surface area contributed by atoms with E-state index in [1.54, 1.807) is 4.90 Å². The van der Waals surface area contributed by atoms with Crippen molar-refractivity contribution in [3.05, 3.63) is 149 Å². The van der Waals surface area contributed by atoms with Gasteiger partial charge < -0.3 is 9.80 Å². The first-order valence-electron chi connectivity index (χ1n) is 16.9. The summed E-state index contributed by atoms with van der Waals surface area (Å²) in [5.41, 5.74) is 3.95. The Morgan fingerprint density at radius 3 is 1.84 bits per heavy atom. The summed E-state index contributed by atoms with van der Waals surface area (Å²) in [5.74, 6) is -0.000586. The van der Waals surface area contributed by atoms with Gasteiger partial charge in [0.2, 0.25) is 11.8 Å². The van der Waals surface area contributed by atoms with Crippen LogP contribution in [0.2, 0.25) is 0 Å². The minimum absolute atomic E-state index is 0.115. The molecule has 1 saturated heterocycles. The van der Waals surface area contributed by atoms with E-state index in [0.29, 0.717) is 31.0 Å². The van der Waals surface area contributed by atoms with Gasteiger partial charge in [-0.15, -0.1) is 0 Å². The van der Waals surface area contributed by atoms with E-state index in [4.69, 9.17) is 0 Å². The van der Waals surface area contributed by atoms with Gasteiger partial charge in [-0.1, -0.05) is 111 Å². The third kappa shape index (κ3) is 10.4. The number of halogens is 3. The Morgan fingerprint density at radius 1 is 0.714 bits per heavy atom. The molecule has 4 aromatic carbocycles. The van der Waals surface area contributed by atoms with Gasteiger partial charge in [-0.2, -0.15) is 13.2 Å². The highest BCUT2D eigenvalue weighted by Gasteiger charge is 2.34. The standard InChI is InChI=1S/C41H44F3N3O2/c1-31(2)27-34-13-15-36(16-14-34)30-47(39(48)22-19-32-17-20-37(21-18-32)41(42,43)44)38(28-33-9-5-3-6-10-33)40(49)46-25-23-45(24-26-46)29-35-11-7-4-8-12-35/h3-22,31,38H,23-30H2,1-2H3/b22-19+/t38-/m0/s1. The Morgan fingerprint density at radius 2 is 1.27 bits per heavy atom. The van der Waals surface area contributed by atoms with Crippen molar-refractivity contribution in [3.63, 3.8) is 0 Å².